The summed E-state index contributed by atoms with van der Waals surface area (Å²) in [6.07, 6.45) is 1.32. The first-order valence-electron chi connectivity index (χ1n) is 9.79. The Labute approximate surface area is 186 Å². The van der Waals surface area contributed by atoms with E-state index in [0.717, 1.165) is 29.8 Å². The maximum Gasteiger partial charge on any atom is 0.264 e. The fraction of sp³-hybridized carbons (Fsp3) is 0.182. The predicted molar refractivity (Wildman–Crippen MR) is 119 cm³/mol. The van der Waals surface area contributed by atoms with Crippen LogP contribution < -0.4 is 13.8 Å². The van der Waals surface area contributed by atoms with E-state index in [9.17, 15) is 21.2 Å². The molecule has 0 bridgehead atoms. The fourth-order valence-corrected chi connectivity index (χ4v) is 6.14. The molecule has 0 aromatic heterocycles. The van der Waals surface area contributed by atoms with E-state index in [0.29, 0.717) is 24.3 Å². The van der Waals surface area contributed by atoms with E-state index in [2.05, 4.69) is 4.72 Å². The predicted octanol–water partition coefficient (Wildman–Crippen LogP) is 3.78. The number of nitrogens with one attached hydrogen (secondary N) is 1. The summed E-state index contributed by atoms with van der Waals surface area (Å²) >= 11 is 0. The van der Waals surface area contributed by atoms with E-state index >= 15 is 0 Å². The monoisotopic (exact) mass is 476 g/mol. The zero-order valence-corrected chi connectivity index (χ0v) is 18.8. The molecule has 168 valence electrons. The third kappa shape index (κ3) is 4.28. The van der Waals surface area contributed by atoms with Crippen molar-refractivity contribution in [1.29, 1.82) is 0 Å². The topological polar surface area (TPSA) is 92.8 Å². The average molecular weight is 477 g/mol. The number of aryl methyl sites for hydroxylation is 1. The van der Waals surface area contributed by atoms with Gasteiger partial charge in [-0.3, -0.25) is 9.03 Å². The Morgan fingerprint density at radius 3 is 2.22 bits per heavy atom. The number of halogens is 1. The van der Waals surface area contributed by atoms with Crippen molar-refractivity contribution in [2.24, 2.45) is 0 Å². The molecule has 0 fully saturated rings. The number of sulfonamides is 2. The van der Waals surface area contributed by atoms with Crippen LogP contribution in [0.3, 0.4) is 0 Å². The molecule has 0 saturated heterocycles. The first kappa shape index (κ1) is 22.1. The molecule has 0 aliphatic carbocycles. The smallest absolute Gasteiger partial charge is 0.264 e. The average Bonchev–Trinajstić information content (AvgIpc) is 2.78. The number of methoxy groups -OCH3 is 1. The van der Waals surface area contributed by atoms with E-state index < -0.39 is 25.9 Å². The van der Waals surface area contributed by atoms with Crippen LogP contribution in [0.1, 0.15) is 12.0 Å². The van der Waals surface area contributed by atoms with Gasteiger partial charge in [-0.25, -0.2) is 21.2 Å². The van der Waals surface area contributed by atoms with Gasteiger partial charge in [0, 0.05) is 6.54 Å². The maximum atomic E-state index is 13.3. The van der Waals surface area contributed by atoms with Crippen molar-refractivity contribution >= 4 is 31.4 Å². The lowest BCUT2D eigenvalue weighted by molar-refractivity contribution is 0.414. The lowest BCUT2D eigenvalue weighted by atomic mass is 10.0. The van der Waals surface area contributed by atoms with Gasteiger partial charge < -0.3 is 4.74 Å². The summed E-state index contributed by atoms with van der Waals surface area (Å²) in [4.78, 5) is 0.0165. The van der Waals surface area contributed by atoms with Gasteiger partial charge in [-0.05, 0) is 79.1 Å². The molecule has 0 amide bonds. The molecule has 0 saturated carbocycles. The lowest BCUT2D eigenvalue weighted by Crippen LogP contribution is -2.35. The van der Waals surface area contributed by atoms with Gasteiger partial charge >= 0.3 is 0 Å². The largest absolute Gasteiger partial charge is 0.497 e. The van der Waals surface area contributed by atoms with Crippen molar-refractivity contribution in [3.05, 3.63) is 78.1 Å². The minimum absolute atomic E-state index is 0.0978. The van der Waals surface area contributed by atoms with Crippen molar-refractivity contribution in [1.82, 2.24) is 0 Å². The highest BCUT2D eigenvalue weighted by molar-refractivity contribution is 7.93. The molecule has 32 heavy (non-hydrogen) atoms. The second-order valence-corrected chi connectivity index (χ2v) is 10.8. The zero-order chi connectivity index (χ0) is 22.9. The Morgan fingerprint density at radius 2 is 1.56 bits per heavy atom. The SMILES string of the molecule is COc1ccc(S(=O)(=O)N2CCCc3ccc(NS(=O)(=O)c4ccc(F)cc4)cc32)cc1. The van der Waals surface area contributed by atoms with E-state index in [-0.39, 0.29) is 22.0 Å². The first-order chi connectivity index (χ1) is 15.2. The molecule has 10 heteroatoms. The number of ether oxygens (including phenoxy) is 1. The number of anilines is 2. The van der Waals surface area contributed by atoms with Gasteiger partial charge in [0.05, 0.1) is 28.3 Å². The van der Waals surface area contributed by atoms with Gasteiger partial charge in [-0.2, -0.15) is 0 Å². The van der Waals surface area contributed by atoms with Crippen LogP contribution in [0.2, 0.25) is 0 Å². The molecule has 1 aliphatic rings. The van der Waals surface area contributed by atoms with Crippen molar-refractivity contribution in [3.8, 4) is 5.75 Å². The van der Waals surface area contributed by atoms with E-state index in [1.54, 1.807) is 24.3 Å². The van der Waals surface area contributed by atoms with Gasteiger partial charge in [-0.15, -0.1) is 0 Å². The van der Waals surface area contributed by atoms with Gasteiger partial charge in [0.15, 0.2) is 0 Å². The molecule has 1 heterocycles. The molecule has 7 nitrogen and oxygen atoms in total. The van der Waals surface area contributed by atoms with E-state index in [1.807, 2.05) is 0 Å². The third-order valence-electron chi connectivity index (χ3n) is 5.18. The highest BCUT2D eigenvalue weighted by Crippen LogP contribution is 2.35. The van der Waals surface area contributed by atoms with Gasteiger partial charge in [0.2, 0.25) is 0 Å². The van der Waals surface area contributed by atoms with Crippen molar-refractivity contribution < 1.29 is 26.0 Å². The molecule has 0 spiro atoms. The molecule has 0 unspecified atom stereocenters. The van der Waals surface area contributed by atoms with Crippen LogP contribution in [0.4, 0.5) is 15.8 Å². The van der Waals surface area contributed by atoms with Crippen LogP contribution in [0.25, 0.3) is 0 Å². The van der Waals surface area contributed by atoms with Crippen molar-refractivity contribution in [2.75, 3.05) is 22.7 Å². The maximum absolute atomic E-state index is 13.3. The number of nitrogens with zero attached hydrogens (tertiary/aromatic N) is 1. The van der Waals surface area contributed by atoms with Crippen LogP contribution in [0.15, 0.2) is 76.5 Å². The summed E-state index contributed by atoms with van der Waals surface area (Å²) in [7, 11) is -6.33. The molecule has 4 rings (SSSR count). The van der Waals surface area contributed by atoms with E-state index in [1.165, 1.54) is 29.6 Å². The Kier molecular flexibility index (Phi) is 5.83. The summed E-state index contributed by atoms with van der Waals surface area (Å²) < 4.78 is 73.9. The second kappa shape index (κ2) is 8.44. The first-order valence-corrected chi connectivity index (χ1v) is 12.7. The molecule has 0 radical (unpaired) electrons. The summed E-state index contributed by atoms with van der Waals surface area (Å²) in [5.41, 5.74) is 1.44. The summed E-state index contributed by atoms with van der Waals surface area (Å²) in [6, 6.07) is 15.4. The minimum Gasteiger partial charge on any atom is -0.497 e. The van der Waals surface area contributed by atoms with Crippen molar-refractivity contribution in [3.63, 3.8) is 0 Å². The highest BCUT2D eigenvalue weighted by Gasteiger charge is 2.29. The summed E-state index contributed by atoms with van der Waals surface area (Å²) in [6.45, 7) is 0.273. The standard InChI is InChI=1S/C22H21FN2O5S2/c1-30-19-8-12-21(13-9-19)32(28,29)25-14-2-3-16-4-7-18(15-22(16)25)24-31(26,27)20-10-5-17(23)6-11-20/h4-13,15,24H,2-3,14H2,1H3. The lowest BCUT2D eigenvalue weighted by Gasteiger charge is -2.31. The Balaban J connectivity index is 1.68. The molecular weight excluding hydrogens is 455 g/mol. The Hall–Kier alpha value is -3.11. The summed E-state index contributed by atoms with van der Waals surface area (Å²) in [5.74, 6) is -0.00223. The molecular formula is C22H21FN2O5S2. The van der Waals surface area contributed by atoms with Crippen LogP contribution in [-0.2, 0) is 26.5 Å². The van der Waals surface area contributed by atoms with Crippen LogP contribution in [-0.4, -0.2) is 30.5 Å². The van der Waals surface area contributed by atoms with Gasteiger partial charge in [0.1, 0.15) is 11.6 Å². The Bertz CT molecular complexity index is 1340. The van der Waals surface area contributed by atoms with Gasteiger partial charge in [-0.1, -0.05) is 6.07 Å². The van der Waals surface area contributed by atoms with Crippen LogP contribution >= 0.6 is 0 Å². The van der Waals surface area contributed by atoms with Crippen molar-refractivity contribution in [2.45, 2.75) is 22.6 Å². The second-order valence-electron chi connectivity index (χ2n) is 7.26. The summed E-state index contributed by atoms with van der Waals surface area (Å²) in [5, 5.41) is 0. The number of hydrogen-bond acceptors (Lipinski definition) is 5. The fourth-order valence-electron chi connectivity index (χ4n) is 3.56. The molecule has 3 aromatic carbocycles. The number of fused-ring (bicyclic) bond motifs is 1. The number of rotatable bonds is 6. The number of benzene rings is 3. The molecule has 1 aliphatic heterocycles. The van der Waals surface area contributed by atoms with Crippen LogP contribution in [0, 0.1) is 5.82 Å². The van der Waals surface area contributed by atoms with E-state index in [4.69, 9.17) is 4.74 Å². The normalized spacial score (nSPS) is 14.0. The minimum atomic E-state index is -3.97. The van der Waals surface area contributed by atoms with Gasteiger partial charge in [0.25, 0.3) is 20.0 Å². The Morgan fingerprint density at radius 1 is 0.906 bits per heavy atom. The highest BCUT2D eigenvalue weighted by atomic mass is 32.2. The number of hydrogen-bond donors (Lipinski definition) is 1. The zero-order valence-electron chi connectivity index (χ0n) is 17.2. The molecule has 1 N–H and O–H groups in total. The quantitative estimate of drug-likeness (QED) is 0.585. The third-order valence-corrected chi connectivity index (χ3v) is 8.41. The molecule has 3 aromatic rings. The van der Waals surface area contributed by atoms with Crippen LogP contribution in [0.5, 0.6) is 5.75 Å². The molecule has 0 atom stereocenters.